The summed E-state index contributed by atoms with van der Waals surface area (Å²) in [4.78, 5) is 0. The molecule has 1 aliphatic heterocycles. The summed E-state index contributed by atoms with van der Waals surface area (Å²) in [6, 6.07) is 11.9. The zero-order valence-corrected chi connectivity index (χ0v) is 11.2. The van der Waals surface area contributed by atoms with Crippen molar-refractivity contribution in [2.75, 3.05) is 7.11 Å². The lowest BCUT2D eigenvalue weighted by Crippen LogP contribution is -2.24. The Labute approximate surface area is 117 Å². The van der Waals surface area contributed by atoms with Crippen LogP contribution in [0.15, 0.2) is 42.5 Å². The van der Waals surface area contributed by atoms with Crippen molar-refractivity contribution >= 4 is 0 Å². The minimum atomic E-state index is -0.293. The van der Waals surface area contributed by atoms with Crippen LogP contribution < -0.4 is 15.2 Å². The molecule has 1 heterocycles. The van der Waals surface area contributed by atoms with Gasteiger partial charge in [0.15, 0.2) is 0 Å². The number of rotatable bonds is 2. The first-order valence-electron chi connectivity index (χ1n) is 6.53. The molecule has 0 fully saturated rings. The number of benzene rings is 2. The molecule has 2 aromatic carbocycles. The summed E-state index contributed by atoms with van der Waals surface area (Å²) in [5.41, 5.74) is 7.82. The Morgan fingerprint density at radius 3 is 2.80 bits per heavy atom. The van der Waals surface area contributed by atoms with E-state index in [1.165, 1.54) is 12.1 Å². The van der Waals surface area contributed by atoms with Gasteiger partial charge in [-0.3, -0.25) is 0 Å². The van der Waals surface area contributed by atoms with E-state index < -0.39 is 0 Å². The van der Waals surface area contributed by atoms with Gasteiger partial charge >= 0.3 is 0 Å². The molecule has 1 aliphatic rings. The van der Waals surface area contributed by atoms with E-state index in [1.54, 1.807) is 13.2 Å². The van der Waals surface area contributed by atoms with Crippen molar-refractivity contribution < 1.29 is 13.9 Å². The van der Waals surface area contributed by atoms with Crippen LogP contribution in [0.2, 0.25) is 0 Å². The Hall–Kier alpha value is -2.07. The Bertz CT molecular complexity index is 630. The highest BCUT2D eigenvalue weighted by Crippen LogP contribution is 2.42. The van der Waals surface area contributed by atoms with Crippen LogP contribution in [0.1, 0.15) is 29.7 Å². The van der Waals surface area contributed by atoms with Crippen molar-refractivity contribution in [3.05, 3.63) is 59.4 Å². The topological polar surface area (TPSA) is 44.5 Å². The highest BCUT2D eigenvalue weighted by Gasteiger charge is 2.29. The summed E-state index contributed by atoms with van der Waals surface area (Å²) in [6.07, 6.45) is 0.413. The number of hydrogen-bond donors (Lipinski definition) is 1. The second-order valence-electron chi connectivity index (χ2n) is 4.87. The van der Waals surface area contributed by atoms with Crippen LogP contribution in [-0.2, 0) is 0 Å². The SMILES string of the molecule is COc1ccccc1C1C[C@H](N)c2cc(F)ccc2O1. The molecule has 0 radical (unpaired) electrons. The van der Waals surface area contributed by atoms with Crippen LogP contribution in [-0.4, -0.2) is 7.11 Å². The molecular formula is C16H16FNO2. The number of methoxy groups -OCH3 is 1. The van der Waals surface area contributed by atoms with Gasteiger partial charge in [-0.1, -0.05) is 18.2 Å². The van der Waals surface area contributed by atoms with Gasteiger partial charge in [-0.05, 0) is 24.3 Å². The average molecular weight is 273 g/mol. The molecule has 0 spiro atoms. The lowest BCUT2D eigenvalue weighted by molar-refractivity contribution is 0.157. The van der Waals surface area contributed by atoms with Gasteiger partial charge in [0, 0.05) is 23.6 Å². The van der Waals surface area contributed by atoms with E-state index in [9.17, 15) is 4.39 Å². The van der Waals surface area contributed by atoms with Gasteiger partial charge in [-0.25, -0.2) is 4.39 Å². The first kappa shape index (κ1) is 12.9. The average Bonchev–Trinajstić information content (AvgIpc) is 2.47. The fourth-order valence-corrected chi connectivity index (χ4v) is 2.60. The van der Waals surface area contributed by atoms with E-state index in [1.807, 2.05) is 24.3 Å². The van der Waals surface area contributed by atoms with Crippen molar-refractivity contribution in [2.45, 2.75) is 18.6 Å². The molecule has 4 heteroatoms. The minimum absolute atomic E-state index is 0.181. The van der Waals surface area contributed by atoms with Gasteiger partial charge in [0.1, 0.15) is 23.4 Å². The van der Waals surface area contributed by atoms with E-state index >= 15 is 0 Å². The van der Waals surface area contributed by atoms with Crippen LogP contribution in [0.25, 0.3) is 0 Å². The third-order valence-electron chi connectivity index (χ3n) is 3.59. The summed E-state index contributed by atoms with van der Waals surface area (Å²) in [5.74, 6) is 1.12. The number of para-hydroxylation sites is 1. The fourth-order valence-electron chi connectivity index (χ4n) is 2.60. The van der Waals surface area contributed by atoms with Crippen molar-refractivity contribution in [2.24, 2.45) is 5.73 Å². The summed E-state index contributed by atoms with van der Waals surface area (Å²) in [5, 5.41) is 0. The number of halogens is 1. The highest BCUT2D eigenvalue weighted by atomic mass is 19.1. The standard InChI is InChI=1S/C16H16FNO2/c1-19-14-5-3-2-4-11(14)16-9-13(18)12-8-10(17)6-7-15(12)20-16/h2-8,13,16H,9,18H2,1H3/t13-,16?/m0/s1. The summed E-state index contributed by atoms with van der Waals surface area (Å²) >= 11 is 0. The van der Waals surface area contributed by atoms with Gasteiger partial charge in [0.05, 0.1) is 7.11 Å². The molecule has 20 heavy (non-hydrogen) atoms. The molecule has 0 amide bonds. The number of hydrogen-bond acceptors (Lipinski definition) is 3. The number of fused-ring (bicyclic) bond motifs is 1. The van der Waals surface area contributed by atoms with Gasteiger partial charge < -0.3 is 15.2 Å². The molecule has 3 rings (SSSR count). The second kappa shape index (κ2) is 5.13. The Morgan fingerprint density at radius 1 is 1.20 bits per heavy atom. The maximum absolute atomic E-state index is 13.3. The molecule has 1 unspecified atom stereocenters. The van der Waals surface area contributed by atoms with Crippen molar-refractivity contribution in [1.82, 2.24) is 0 Å². The van der Waals surface area contributed by atoms with Crippen LogP contribution in [0.5, 0.6) is 11.5 Å². The maximum Gasteiger partial charge on any atom is 0.129 e. The Kier molecular flexibility index (Phi) is 3.32. The maximum atomic E-state index is 13.3. The molecule has 2 atom stereocenters. The Morgan fingerprint density at radius 2 is 2.00 bits per heavy atom. The monoisotopic (exact) mass is 273 g/mol. The summed E-state index contributed by atoms with van der Waals surface area (Å²) in [6.45, 7) is 0. The first-order chi connectivity index (χ1) is 9.69. The van der Waals surface area contributed by atoms with Crippen molar-refractivity contribution in [3.8, 4) is 11.5 Å². The van der Waals surface area contributed by atoms with Crippen LogP contribution in [0, 0.1) is 5.82 Å². The molecule has 3 nitrogen and oxygen atoms in total. The molecule has 0 aromatic heterocycles. The summed E-state index contributed by atoms with van der Waals surface area (Å²) in [7, 11) is 1.63. The third-order valence-corrected chi connectivity index (χ3v) is 3.59. The molecule has 0 bridgehead atoms. The van der Waals surface area contributed by atoms with Gasteiger partial charge in [0.2, 0.25) is 0 Å². The lowest BCUT2D eigenvalue weighted by Gasteiger charge is -2.31. The van der Waals surface area contributed by atoms with Crippen LogP contribution in [0.4, 0.5) is 4.39 Å². The largest absolute Gasteiger partial charge is 0.496 e. The van der Waals surface area contributed by atoms with E-state index in [4.69, 9.17) is 15.2 Å². The summed E-state index contributed by atoms with van der Waals surface area (Å²) < 4.78 is 24.6. The molecule has 104 valence electrons. The lowest BCUT2D eigenvalue weighted by atomic mass is 9.93. The zero-order chi connectivity index (χ0) is 14.1. The minimum Gasteiger partial charge on any atom is -0.496 e. The Balaban J connectivity index is 1.97. The van der Waals surface area contributed by atoms with E-state index in [2.05, 4.69) is 0 Å². The van der Waals surface area contributed by atoms with Crippen LogP contribution in [0.3, 0.4) is 0 Å². The third kappa shape index (κ3) is 2.23. The van der Waals surface area contributed by atoms with Gasteiger partial charge in [-0.2, -0.15) is 0 Å². The smallest absolute Gasteiger partial charge is 0.129 e. The predicted molar refractivity (Wildman–Crippen MR) is 74.3 cm³/mol. The predicted octanol–water partition coefficient (Wildman–Crippen LogP) is 3.36. The zero-order valence-electron chi connectivity index (χ0n) is 11.2. The molecule has 0 saturated carbocycles. The van der Waals surface area contributed by atoms with Crippen LogP contribution >= 0.6 is 0 Å². The van der Waals surface area contributed by atoms with Gasteiger partial charge in [0.25, 0.3) is 0 Å². The first-order valence-corrected chi connectivity index (χ1v) is 6.53. The van der Waals surface area contributed by atoms with Crippen molar-refractivity contribution in [3.63, 3.8) is 0 Å². The molecule has 2 N–H and O–H groups in total. The highest BCUT2D eigenvalue weighted by molar-refractivity contribution is 5.42. The van der Waals surface area contributed by atoms with Gasteiger partial charge in [-0.15, -0.1) is 0 Å². The second-order valence-corrected chi connectivity index (χ2v) is 4.87. The number of ether oxygens (including phenoxy) is 2. The number of nitrogens with two attached hydrogens (primary N) is 1. The molecule has 0 saturated heterocycles. The fraction of sp³-hybridized carbons (Fsp3) is 0.250. The van der Waals surface area contributed by atoms with E-state index in [-0.39, 0.29) is 18.0 Å². The van der Waals surface area contributed by atoms with E-state index in [0.717, 1.165) is 16.9 Å². The molecule has 2 aromatic rings. The quantitative estimate of drug-likeness (QED) is 0.912. The normalized spacial score (nSPS) is 20.9. The van der Waals surface area contributed by atoms with Crippen molar-refractivity contribution in [1.29, 1.82) is 0 Å². The molecular weight excluding hydrogens is 257 g/mol. The van der Waals surface area contributed by atoms with E-state index in [0.29, 0.717) is 12.2 Å². The molecule has 0 aliphatic carbocycles.